The Hall–Kier alpha value is -1.06. The monoisotopic (exact) mass is 196 g/mol. The van der Waals surface area contributed by atoms with E-state index >= 15 is 0 Å². The van der Waals surface area contributed by atoms with E-state index in [1.165, 1.54) is 12.8 Å². The van der Waals surface area contributed by atoms with Gasteiger partial charge in [0.1, 0.15) is 0 Å². The van der Waals surface area contributed by atoms with E-state index in [1.54, 1.807) is 0 Å². The highest BCUT2D eigenvalue weighted by molar-refractivity contribution is 5.94. The number of imide groups is 1. The topological polar surface area (TPSA) is 72.2 Å². The van der Waals surface area contributed by atoms with Crippen molar-refractivity contribution in [1.29, 1.82) is 0 Å². The standard InChI is InChI=1S/C10H16N2O2/c11-10(14)12-9(13)8-5-6-1-3-7(8)4-2-6/h6-8H,1-5H2,(H3,11,12,13,14). The smallest absolute Gasteiger partial charge is 0.318 e. The maximum absolute atomic E-state index is 11.6. The fourth-order valence-electron chi connectivity index (χ4n) is 2.91. The molecule has 2 bridgehead atoms. The Morgan fingerprint density at radius 3 is 2.21 bits per heavy atom. The van der Waals surface area contributed by atoms with Gasteiger partial charge >= 0.3 is 6.03 Å². The summed E-state index contributed by atoms with van der Waals surface area (Å²) >= 11 is 0. The van der Waals surface area contributed by atoms with Gasteiger partial charge in [0, 0.05) is 5.92 Å². The molecule has 4 nitrogen and oxygen atoms in total. The third-order valence-electron chi connectivity index (χ3n) is 3.63. The summed E-state index contributed by atoms with van der Waals surface area (Å²) in [5.74, 6) is 1.06. The van der Waals surface area contributed by atoms with E-state index in [0.717, 1.165) is 19.3 Å². The van der Waals surface area contributed by atoms with Crippen LogP contribution in [0.25, 0.3) is 0 Å². The van der Waals surface area contributed by atoms with E-state index in [9.17, 15) is 9.59 Å². The molecule has 0 saturated heterocycles. The second-order valence-electron chi connectivity index (χ2n) is 4.48. The van der Waals surface area contributed by atoms with Gasteiger partial charge in [0.15, 0.2) is 0 Å². The molecule has 3 N–H and O–H groups in total. The van der Waals surface area contributed by atoms with Gasteiger partial charge in [0.25, 0.3) is 0 Å². The van der Waals surface area contributed by atoms with Gasteiger partial charge in [-0.15, -0.1) is 0 Å². The lowest BCUT2D eigenvalue weighted by Gasteiger charge is -2.41. The average molecular weight is 196 g/mol. The van der Waals surface area contributed by atoms with Crippen LogP contribution in [0, 0.1) is 17.8 Å². The van der Waals surface area contributed by atoms with Crippen LogP contribution in [0.15, 0.2) is 0 Å². The quantitative estimate of drug-likeness (QED) is 0.657. The number of rotatable bonds is 1. The number of nitrogens with one attached hydrogen (secondary N) is 1. The molecule has 0 aromatic carbocycles. The van der Waals surface area contributed by atoms with Crippen LogP contribution in [0.5, 0.6) is 0 Å². The molecule has 3 aliphatic rings. The highest BCUT2D eigenvalue weighted by Gasteiger charge is 2.39. The van der Waals surface area contributed by atoms with Crippen molar-refractivity contribution < 1.29 is 9.59 Å². The molecule has 0 spiro atoms. The average Bonchev–Trinajstić information content (AvgIpc) is 2.18. The molecule has 3 saturated carbocycles. The minimum atomic E-state index is -0.726. The van der Waals surface area contributed by atoms with Gasteiger partial charge in [-0.25, -0.2) is 4.79 Å². The summed E-state index contributed by atoms with van der Waals surface area (Å²) in [5.41, 5.74) is 4.93. The minimum absolute atomic E-state index is 0.0370. The summed E-state index contributed by atoms with van der Waals surface area (Å²) in [5, 5.41) is 2.20. The number of carbonyl (C=O) groups excluding carboxylic acids is 2. The Bertz CT molecular complexity index is 257. The van der Waals surface area contributed by atoms with Crippen LogP contribution >= 0.6 is 0 Å². The van der Waals surface area contributed by atoms with Crippen LogP contribution < -0.4 is 11.1 Å². The van der Waals surface area contributed by atoms with Crippen molar-refractivity contribution in [2.75, 3.05) is 0 Å². The first-order chi connectivity index (χ1) is 6.66. The van der Waals surface area contributed by atoms with E-state index < -0.39 is 6.03 Å². The Labute approximate surface area is 83.2 Å². The van der Waals surface area contributed by atoms with Crippen LogP contribution in [0.2, 0.25) is 0 Å². The predicted octanol–water partition coefficient (Wildman–Crippen LogP) is 1.01. The first kappa shape index (κ1) is 9.49. The van der Waals surface area contributed by atoms with Crippen LogP contribution in [0.1, 0.15) is 32.1 Å². The van der Waals surface area contributed by atoms with Crippen molar-refractivity contribution in [3.63, 3.8) is 0 Å². The number of primary amides is 1. The molecule has 1 unspecified atom stereocenters. The molecule has 3 amide bonds. The highest BCUT2D eigenvalue weighted by atomic mass is 16.2. The summed E-state index contributed by atoms with van der Waals surface area (Å²) in [6.45, 7) is 0. The summed E-state index contributed by atoms with van der Waals surface area (Å²) in [7, 11) is 0. The lowest BCUT2D eigenvalue weighted by Crippen LogP contribution is -2.45. The maximum Gasteiger partial charge on any atom is 0.318 e. The number of carbonyl (C=O) groups is 2. The van der Waals surface area contributed by atoms with E-state index in [4.69, 9.17) is 5.73 Å². The molecule has 3 aliphatic carbocycles. The molecule has 0 aromatic rings. The Morgan fingerprint density at radius 1 is 1.14 bits per heavy atom. The van der Waals surface area contributed by atoms with E-state index in [2.05, 4.69) is 5.32 Å². The summed E-state index contributed by atoms with van der Waals surface area (Å²) < 4.78 is 0. The third kappa shape index (κ3) is 1.74. The van der Waals surface area contributed by atoms with E-state index in [-0.39, 0.29) is 11.8 Å². The highest BCUT2D eigenvalue weighted by Crippen LogP contribution is 2.44. The molecule has 0 aromatic heterocycles. The van der Waals surface area contributed by atoms with Gasteiger partial charge in [-0.1, -0.05) is 12.8 Å². The zero-order valence-electron chi connectivity index (χ0n) is 8.16. The molecule has 1 atom stereocenters. The molecular weight excluding hydrogens is 180 g/mol. The maximum atomic E-state index is 11.6. The zero-order chi connectivity index (χ0) is 10.1. The fourth-order valence-corrected chi connectivity index (χ4v) is 2.91. The van der Waals surface area contributed by atoms with Gasteiger partial charge in [-0.05, 0) is 31.1 Å². The van der Waals surface area contributed by atoms with E-state index in [1.807, 2.05) is 0 Å². The number of fused-ring (bicyclic) bond motifs is 3. The molecule has 4 heteroatoms. The lowest BCUT2D eigenvalue weighted by molar-refractivity contribution is -0.128. The molecule has 0 aliphatic heterocycles. The molecule has 78 valence electrons. The van der Waals surface area contributed by atoms with Crippen LogP contribution in [0.4, 0.5) is 4.79 Å². The van der Waals surface area contributed by atoms with Gasteiger partial charge < -0.3 is 5.73 Å². The molecule has 14 heavy (non-hydrogen) atoms. The van der Waals surface area contributed by atoms with Crippen molar-refractivity contribution in [3.8, 4) is 0 Å². The summed E-state index contributed by atoms with van der Waals surface area (Å²) in [4.78, 5) is 22.1. The molecule has 0 radical (unpaired) electrons. The number of amides is 3. The number of urea groups is 1. The van der Waals surface area contributed by atoms with Crippen LogP contribution in [-0.2, 0) is 4.79 Å². The molecular formula is C10H16N2O2. The first-order valence-electron chi connectivity index (χ1n) is 5.27. The van der Waals surface area contributed by atoms with Crippen molar-refractivity contribution >= 4 is 11.9 Å². The summed E-state index contributed by atoms with van der Waals surface area (Å²) in [6, 6.07) is -0.726. The SMILES string of the molecule is NC(=O)NC(=O)C1CC2CCC1CC2. The molecule has 3 rings (SSSR count). The number of hydrogen-bond acceptors (Lipinski definition) is 2. The first-order valence-corrected chi connectivity index (χ1v) is 5.27. The Morgan fingerprint density at radius 2 is 1.79 bits per heavy atom. The van der Waals surface area contributed by atoms with E-state index in [0.29, 0.717) is 11.8 Å². The minimum Gasteiger partial charge on any atom is -0.351 e. The predicted molar refractivity (Wildman–Crippen MR) is 51.3 cm³/mol. The van der Waals surface area contributed by atoms with Crippen molar-refractivity contribution in [2.45, 2.75) is 32.1 Å². The second kappa shape index (κ2) is 3.59. The zero-order valence-corrected chi connectivity index (χ0v) is 8.16. The third-order valence-corrected chi connectivity index (χ3v) is 3.63. The van der Waals surface area contributed by atoms with Gasteiger partial charge in [-0.2, -0.15) is 0 Å². The van der Waals surface area contributed by atoms with Crippen LogP contribution in [0.3, 0.4) is 0 Å². The van der Waals surface area contributed by atoms with Crippen molar-refractivity contribution in [1.82, 2.24) is 5.32 Å². The van der Waals surface area contributed by atoms with Crippen LogP contribution in [-0.4, -0.2) is 11.9 Å². The number of hydrogen-bond donors (Lipinski definition) is 2. The Kier molecular flexibility index (Phi) is 2.44. The molecule has 3 fully saturated rings. The van der Waals surface area contributed by atoms with Gasteiger partial charge in [0.2, 0.25) is 5.91 Å². The fraction of sp³-hybridized carbons (Fsp3) is 0.800. The molecule has 0 heterocycles. The van der Waals surface area contributed by atoms with Crippen molar-refractivity contribution in [3.05, 3.63) is 0 Å². The van der Waals surface area contributed by atoms with Gasteiger partial charge in [-0.3, -0.25) is 10.1 Å². The second-order valence-corrected chi connectivity index (χ2v) is 4.48. The number of nitrogens with two attached hydrogens (primary N) is 1. The largest absolute Gasteiger partial charge is 0.351 e. The Balaban J connectivity index is 1.97. The van der Waals surface area contributed by atoms with Crippen molar-refractivity contribution in [2.24, 2.45) is 23.5 Å². The van der Waals surface area contributed by atoms with Gasteiger partial charge in [0.05, 0.1) is 0 Å². The lowest BCUT2D eigenvalue weighted by atomic mass is 9.64. The summed E-state index contributed by atoms with van der Waals surface area (Å²) in [6.07, 6.45) is 5.74. The normalized spacial score (nSPS) is 35.3.